The minimum absolute atomic E-state index is 0.0403. The molecule has 22 heavy (non-hydrogen) atoms. The van der Waals surface area contributed by atoms with Gasteiger partial charge in [-0.2, -0.15) is 0 Å². The summed E-state index contributed by atoms with van der Waals surface area (Å²) in [4.78, 5) is 0.105. The summed E-state index contributed by atoms with van der Waals surface area (Å²) in [6.45, 7) is 4.70. The fourth-order valence-electron chi connectivity index (χ4n) is 2.69. The lowest BCUT2D eigenvalue weighted by atomic mass is 10.1. The highest BCUT2D eigenvalue weighted by atomic mass is 32.2. The number of nitrogens with one attached hydrogen (secondary N) is 2. The molecule has 124 valence electrons. The van der Waals surface area contributed by atoms with Crippen LogP contribution < -0.4 is 10.0 Å². The average molecular weight is 346 g/mol. The van der Waals surface area contributed by atoms with Crippen molar-refractivity contribution in [2.45, 2.75) is 42.5 Å². The average Bonchev–Trinajstić information content (AvgIpc) is 2.40. The normalized spacial score (nSPS) is 20.0. The predicted molar refractivity (Wildman–Crippen MR) is 85.2 cm³/mol. The number of rotatable bonds is 4. The highest BCUT2D eigenvalue weighted by Gasteiger charge is 2.26. The Hall–Kier alpha value is -0.960. The molecule has 0 spiro atoms. The van der Waals surface area contributed by atoms with E-state index in [2.05, 4.69) is 10.0 Å². The van der Waals surface area contributed by atoms with Crippen molar-refractivity contribution in [3.63, 3.8) is 0 Å². The van der Waals surface area contributed by atoms with Gasteiger partial charge >= 0.3 is 0 Å². The molecule has 1 saturated heterocycles. The lowest BCUT2D eigenvalue weighted by Crippen LogP contribution is -2.45. The third kappa shape index (κ3) is 3.87. The Morgan fingerprint density at radius 1 is 1.14 bits per heavy atom. The number of hydrogen-bond donors (Lipinski definition) is 2. The molecule has 8 heteroatoms. The van der Waals surface area contributed by atoms with Crippen LogP contribution in [0.25, 0.3) is 0 Å². The molecule has 0 aliphatic carbocycles. The van der Waals surface area contributed by atoms with Crippen molar-refractivity contribution in [1.29, 1.82) is 0 Å². The van der Waals surface area contributed by atoms with Crippen LogP contribution in [0, 0.1) is 13.8 Å². The lowest BCUT2D eigenvalue weighted by Gasteiger charge is -2.24. The number of piperidine rings is 1. The molecule has 0 aromatic heterocycles. The molecule has 0 saturated carbocycles. The first-order valence-corrected chi connectivity index (χ1v) is 10.5. The summed E-state index contributed by atoms with van der Waals surface area (Å²) in [5.41, 5.74) is 0.873. The van der Waals surface area contributed by atoms with Crippen LogP contribution in [0.3, 0.4) is 0 Å². The van der Waals surface area contributed by atoms with E-state index in [-0.39, 0.29) is 21.4 Å². The molecule has 1 heterocycles. The van der Waals surface area contributed by atoms with Crippen LogP contribution in [0.5, 0.6) is 0 Å². The molecule has 1 fully saturated rings. The molecular formula is C14H22N2O4S2. The van der Waals surface area contributed by atoms with Crippen LogP contribution >= 0.6 is 0 Å². The van der Waals surface area contributed by atoms with Crippen LogP contribution in [0.15, 0.2) is 21.9 Å². The first-order chi connectivity index (χ1) is 10.1. The zero-order valence-corrected chi connectivity index (χ0v) is 14.6. The van der Waals surface area contributed by atoms with E-state index in [0.717, 1.165) is 25.6 Å². The first-order valence-electron chi connectivity index (χ1n) is 7.15. The third-order valence-electron chi connectivity index (χ3n) is 3.76. The van der Waals surface area contributed by atoms with Crippen LogP contribution in [0.2, 0.25) is 0 Å². The summed E-state index contributed by atoms with van der Waals surface area (Å²) in [7, 11) is -7.23. The second-order valence-electron chi connectivity index (χ2n) is 5.82. The highest BCUT2D eigenvalue weighted by Crippen LogP contribution is 2.25. The van der Waals surface area contributed by atoms with E-state index >= 15 is 0 Å². The maximum atomic E-state index is 12.6. The highest BCUT2D eigenvalue weighted by molar-refractivity contribution is 7.91. The summed E-state index contributed by atoms with van der Waals surface area (Å²) in [5.74, 6) is 0. The molecule has 0 unspecified atom stereocenters. The third-order valence-corrected chi connectivity index (χ3v) is 6.63. The smallest absolute Gasteiger partial charge is 0.241 e. The number of aryl methyl sites for hydroxylation is 1. The van der Waals surface area contributed by atoms with Crippen molar-refractivity contribution in [2.24, 2.45) is 0 Å². The number of hydrogen-bond acceptors (Lipinski definition) is 5. The quantitative estimate of drug-likeness (QED) is 0.839. The number of sulfonamides is 1. The van der Waals surface area contributed by atoms with Gasteiger partial charge in [-0.3, -0.25) is 0 Å². The van der Waals surface area contributed by atoms with E-state index in [1.165, 1.54) is 19.1 Å². The van der Waals surface area contributed by atoms with E-state index in [1.54, 1.807) is 6.92 Å². The van der Waals surface area contributed by atoms with Gasteiger partial charge < -0.3 is 5.32 Å². The summed E-state index contributed by atoms with van der Waals surface area (Å²) >= 11 is 0. The number of benzene rings is 1. The fraction of sp³-hybridized carbons (Fsp3) is 0.571. The van der Waals surface area contributed by atoms with Gasteiger partial charge in [0.15, 0.2) is 9.84 Å². The second-order valence-corrected chi connectivity index (χ2v) is 9.49. The predicted octanol–water partition coefficient (Wildman–Crippen LogP) is 0.737. The Balaban J connectivity index is 2.44. The van der Waals surface area contributed by atoms with Crippen LogP contribution in [-0.2, 0) is 19.9 Å². The lowest BCUT2D eigenvalue weighted by molar-refractivity contribution is 0.428. The SMILES string of the molecule is Cc1cc(S(C)(=O)=O)c(C)c(S(=O)(=O)N[C@@H]2CCCNC2)c1. The maximum absolute atomic E-state index is 12.6. The molecule has 0 bridgehead atoms. The van der Waals surface area contributed by atoms with Crippen molar-refractivity contribution in [2.75, 3.05) is 19.3 Å². The van der Waals surface area contributed by atoms with Gasteiger partial charge in [-0.25, -0.2) is 21.6 Å². The Kier molecular flexibility index (Phi) is 4.96. The van der Waals surface area contributed by atoms with Gasteiger partial charge in [0.2, 0.25) is 10.0 Å². The van der Waals surface area contributed by atoms with Crippen molar-refractivity contribution in [3.05, 3.63) is 23.3 Å². The van der Waals surface area contributed by atoms with Crippen LogP contribution in [0.1, 0.15) is 24.0 Å². The Morgan fingerprint density at radius 2 is 1.77 bits per heavy atom. The Bertz CT molecular complexity index is 764. The molecule has 0 amide bonds. The van der Waals surface area contributed by atoms with Gasteiger partial charge in [0, 0.05) is 18.8 Å². The van der Waals surface area contributed by atoms with E-state index in [9.17, 15) is 16.8 Å². The molecule has 1 aromatic rings. The maximum Gasteiger partial charge on any atom is 0.241 e. The van der Waals surface area contributed by atoms with Gasteiger partial charge in [0.25, 0.3) is 0 Å². The zero-order valence-electron chi connectivity index (χ0n) is 13.0. The van der Waals surface area contributed by atoms with Crippen molar-refractivity contribution in [1.82, 2.24) is 10.0 Å². The summed E-state index contributed by atoms with van der Waals surface area (Å²) in [5, 5.41) is 3.15. The minimum atomic E-state index is -3.75. The summed E-state index contributed by atoms with van der Waals surface area (Å²) in [6.07, 6.45) is 2.77. The molecule has 1 aliphatic rings. The topological polar surface area (TPSA) is 92.3 Å². The zero-order chi connectivity index (χ0) is 16.5. The Morgan fingerprint density at radius 3 is 2.32 bits per heavy atom. The molecule has 0 radical (unpaired) electrons. The van der Waals surface area contributed by atoms with Gasteiger partial charge in [-0.1, -0.05) is 0 Å². The van der Waals surface area contributed by atoms with Crippen molar-refractivity contribution >= 4 is 19.9 Å². The fourth-order valence-corrected chi connectivity index (χ4v) is 5.44. The minimum Gasteiger partial charge on any atom is -0.315 e. The van der Waals surface area contributed by atoms with Gasteiger partial charge in [-0.05, 0) is 56.5 Å². The van der Waals surface area contributed by atoms with E-state index in [4.69, 9.17) is 0 Å². The molecule has 1 aliphatic heterocycles. The molecular weight excluding hydrogens is 324 g/mol. The largest absolute Gasteiger partial charge is 0.315 e. The monoisotopic (exact) mass is 346 g/mol. The molecule has 2 rings (SSSR count). The standard InChI is InChI=1S/C14H22N2O4S2/c1-10-7-13(21(3,17)18)11(2)14(8-10)22(19,20)16-12-5-4-6-15-9-12/h7-8,12,15-16H,4-6,9H2,1-3H3/t12-/m1/s1. The number of sulfone groups is 1. The van der Waals surface area contributed by atoms with Gasteiger partial charge in [0.1, 0.15) is 0 Å². The van der Waals surface area contributed by atoms with Crippen LogP contribution in [0.4, 0.5) is 0 Å². The molecule has 1 atom stereocenters. The first kappa shape index (κ1) is 17.4. The molecule has 1 aromatic carbocycles. The Labute approximate surface area is 132 Å². The van der Waals surface area contributed by atoms with Crippen molar-refractivity contribution in [3.8, 4) is 0 Å². The van der Waals surface area contributed by atoms with Gasteiger partial charge in [-0.15, -0.1) is 0 Å². The molecule has 6 nitrogen and oxygen atoms in total. The van der Waals surface area contributed by atoms with Gasteiger partial charge in [0.05, 0.1) is 9.79 Å². The molecule has 2 N–H and O–H groups in total. The summed E-state index contributed by atoms with van der Waals surface area (Å²) in [6, 6.07) is 2.86. The van der Waals surface area contributed by atoms with Crippen molar-refractivity contribution < 1.29 is 16.8 Å². The van der Waals surface area contributed by atoms with E-state index < -0.39 is 19.9 Å². The van der Waals surface area contributed by atoms with Crippen LogP contribution in [-0.4, -0.2) is 42.2 Å². The van der Waals surface area contributed by atoms with E-state index in [0.29, 0.717) is 12.1 Å². The second kappa shape index (κ2) is 6.27. The summed E-state index contributed by atoms with van der Waals surface area (Å²) < 4.78 is 51.6. The van der Waals surface area contributed by atoms with E-state index in [1.807, 2.05) is 0 Å².